The highest BCUT2D eigenvalue weighted by Gasteiger charge is 2.32. The number of imidazole rings is 1. The lowest BCUT2D eigenvalue weighted by molar-refractivity contribution is 0.145. The summed E-state index contributed by atoms with van der Waals surface area (Å²) in [5, 5.41) is 0.347. The van der Waals surface area contributed by atoms with E-state index in [0.29, 0.717) is 5.69 Å². The molecule has 2 N–H and O–H groups in total. The Hall–Kier alpha value is -2.62. The average Bonchev–Trinajstić information content (AvgIpc) is 3.06. The van der Waals surface area contributed by atoms with Gasteiger partial charge in [0.1, 0.15) is 5.82 Å². The van der Waals surface area contributed by atoms with Crippen LogP contribution in [-0.2, 0) is 27.7 Å². The monoisotopic (exact) mass is 496 g/mol. The Morgan fingerprint density at radius 3 is 2.44 bits per heavy atom. The highest BCUT2D eigenvalue weighted by molar-refractivity contribution is 7.91. The quantitative estimate of drug-likeness (QED) is 0.514. The van der Waals surface area contributed by atoms with Crippen molar-refractivity contribution in [1.82, 2.24) is 14.5 Å². The second-order valence-corrected chi connectivity index (χ2v) is 10.2. The van der Waals surface area contributed by atoms with Gasteiger partial charge in [-0.05, 0) is 42.7 Å². The number of amides is 1. The van der Waals surface area contributed by atoms with Gasteiger partial charge in [-0.2, -0.15) is 0 Å². The van der Waals surface area contributed by atoms with Gasteiger partial charge in [0.2, 0.25) is 9.84 Å². The van der Waals surface area contributed by atoms with Gasteiger partial charge in [-0.3, -0.25) is 4.98 Å². The maximum Gasteiger partial charge on any atom is 0.404 e. The summed E-state index contributed by atoms with van der Waals surface area (Å²) in [5.74, 6) is -0.0135. The summed E-state index contributed by atoms with van der Waals surface area (Å²) in [4.78, 5) is 19.9. The number of rotatable bonds is 7. The molecule has 0 aliphatic heterocycles. The fraction of sp³-hybridized carbons (Fsp3) is 0.286. The van der Waals surface area contributed by atoms with Crippen LogP contribution < -0.4 is 5.73 Å². The van der Waals surface area contributed by atoms with Crippen molar-refractivity contribution in [3.63, 3.8) is 0 Å². The normalized spacial score (nSPS) is 11.7. The van der Waals surface area contributed by atoms with E-state index in [1.54, 1.807) is 12.3 Å². The molecule has 0 bridgehead atoms. The number of halogens is 2. The number of hydrogen-bond donors (Lipinski definition) is 1. The molecule has 1 amide bonds. The summed E-state index contributed by atoms with van der Waals surface area (Å²) in [6.07, 6.45) is 0.656. The third-order valence-electron chi connectivity index (χ3n) is 4.76. The van der Waals surface area contributed by atoms with Crippen LogP contribution in [0.5, 0.6) is 0 Å². The summed E-state index contributed by atoms with van der Waals surface area (Å²) in [6.45, 7) is 5.31. The van der Waals surface area contributed by atoms with Crippen LogP contribution in [0.2, 0.25) is 10.0 Å². The molecule has 0 spiro atoms. The molecule has 0 saturated carbocycles. The van der Waals surface area contributed by atoms with Crippen molar-refractivity contribution in [2.45, 2.75) is 49.8 Å². The van der Waals surface area contributed by atoms with Crippen LogP contribution in [0.15, 0.2) is 46.5 Å². The number of aryl methyl sites for hydroxylation is 1. The molecule has 170 valence electrons. The Morgan fingerprint density at radius 1 is 1.22 bits per heavy atom. The molecule has 3 aromatic rings. The molecule has 0 saturated heterocycles. The standard InChI is InChI=1S/C21H22Cl2N4O4S/c1-12(2)19-20(32(29,30)17-8-15(22)7-16(23)9-17)27(18(26-19)11-31-21(24)28)10-14-5-4-6-25-13(14)3/h4-9,12H,10-11H2,1-3H3,(H2,24,28). The van der Waals surface area contributed by atoms with Gasteiger partial charge in [-0.15, -0.1) is 0 Å². The Kier molecular flexibility index (Phi) is 7.12. The van der Waals surface area contributed by atoms with Gasteiger partial charge in [0.15, 0.2) is 11.6 Å². The first-order chi connectivity index (χ1) is 15.0. The van der Waals surface area contributed by atoms with Gasteiger partial charge >= 0.3 is 6.09 Å². The predicted octanol–water partition coefficient (Wildman–Crippen LogP) is 4.49. The fourth-order valence-corrected chi connectivity index (χ4v) is 5.68. The van der Waals surface area contributed by atoms with Crippen LogP contribution in [-0.4, -0.2) is 29.0 Å². The first kappa shape index (κ1) is 24.0. The van der Waals surface area contributed by atoms with Gasteiger partial charge in [0.05, 0.1) is 17.1 Å². The summed E-state index contributed by atoms with van der Waals surface area (Å²) >= 11 is 12.2. The Morgan fingerprint density at radius 2 is 1.88 bits per heavy atom. The van der Waals surface area contributed by atoms with Crippen LogP contribution in [0.1, 0.15) is 42.5 Å². The number of carbonyl (C=O) groups excluding carboxylic acids is 1. The smallest absolute Gasteiger partial charge is 0.404 e. The molecule has 0 fully saturated rings. The number of ether oxygens (including phenoxy) is 1. The van der Waals surface area contributed by atoms with Crippen LogP contribution >= 0.6 is 23.2 Å². The van der Waals surface area contributed by atoms with E-state index in [2.05, 4.69) is 9.97 Å². The lowest BCUT2D eigenvalue weighted by atomic mass is 10.1. The van der Waals surface area contributed by atoms with Gasteiger partial charge < -0.3 is 15.0 Å². The van der Waals surface area contributed by atoms with E-state index in [9.17, 15) is 13.2 Å². The number of hydrogen-bond acceptors (Lipinski definition) is 6. The summed E-state index contributed by atoms with van der Waals surface area (Å²) in [6, 6.07) is 7.71. The van der Waals surface area contributed by atoms with E-state index in [1.165, 1.54) is 22.8 Å². The number of nitrogens with zero attached hydrogens (tertiary/aromatic N) is 3. The van der Waals surface area contributed by atoms with Crippen molar-refractivity contribution < 1.29 is 17.9 Å². The molecule has 0 unspecified atom stereocenters. The third kappa shape index (κ3) is 5.06. The van der Waals surface area contributed by atoms with E-state index in [1.807, 2.05) is 26.8 Å². The number of primary amides is 1. The largest absolute Gasteiger partial charge is 0.442 e. The predicted molar refractivity (Wildman–Crippen MR) is 121 cm³/mol. The molecule has 11 heteroatoms. The lowest BCUT2D eigenvalue weighted by Gasteiger charge is -2.15. The van der Waals surface area contributed by atoms with Crippen LogP contribution in [0.3, 0.4) is 0 Å². The number of pyridine rings is 1. The minimum atomic E-state index is -4.10. The van der Waals surface area contributed by atoms with Crippen LogP contribution in [0.4, 0.5) is 4.79 Å². The molecule has 0 atom stereocenters. The maximum absolute atomic E-state index is 13.8. The zero-order chi connectivity index (χ0) is 23.6. The Labute approximate surface area is 196 Å². The van der Waals surface area contributed by atoms with Gasteiger partial charge in [-0.25, -0.2) is 18.2 Å². The molecule has 32 heavy (non-hydrogen) atoms. The van der Waals surface area contributed by atoms with E-state index < -0.39 is 15.9 Å². The highest BCUT2D eigenvalue weighted by atomic mass is 35.5. The topological polar surface area (TPSA) is 117 Å². The van der Waals surface area contributed by atoms with E-state index in [0.717, 1.165) is 11.3 Å². The zero-order valence-electron chi connectivity index (χ0n) is 17.7. The van der Waals surface area contributed by atoms with Crippen molar-refractivity contribution in [1.29, 1.82) is 0 Å². The number of benzene rings is 1. The molecule has 2 aromatic heterocycles. The molecule has 2 heterocycles. The van der Waals surface area contributed by atoms with Crippen molar-refractivity contribution in [2.24, 2.45) is 5.73 Å². The third-order valence-corrected chi connectivity index (χ3v) is 6.99. The molecule has 1 aromatic carbocycles. The highest BCUT2D eigenvalue weighted by Crippen LogP contribution is 2.33. The fourth-order valence-electron chi connectivity index (χ4n) is 3.22. The zero-order valence-corrected chi connectivity index (χ0v) is 20.0. The second kappa shape index (κ2) is 9.48. The van der Waals surface area contributed by atoms with E-state index in [-0.39, 0.29) is 44.9 Å². The van der Waals surface area contributed by atoms with Gasteiger partial charge in [0, 0.05) is 21.9 Å². The number of nitrogens with two attached hydrogens (primary N) is 1. The minimum Gasteiger partial charge on any atom is -0.442 e. The van der Waals surface area contributed by atoms with Crippen LogP contribution in [0, 0.1) is 6.92 Å². The molecule has 0 radical (unpaired) electrons. The molecular formula is C21H22Cl2N4O4S. The molecule has 0 aliphatic carbocycles. The Balaban J connectivity index is 2.28. The summed E-state index contributed by atoms with van der Waals surface area (Å²) < 4.78 is 34.0. The summed E-state index contributed by atoms with van der Waals surface area (Å²) in [7, 11) is -4.10. The SMILES string of the molecule is Cc1ncccc1Cn1c(COC(N)=O)nc(C(C)C)c1S(=O)(=O)c1cc(Cl)cc(Cl)c1. The Bertz CT molecular complexity index is 1250. The maximum atomic E-state index is 13.8. The molecule has 8 nitrogen and oxygen atoms in total. The molecule has 0 aliphatic rings. The van der Waals surface area contributed by atoms with E-state index >= 15 is 0 Å². The average molecular weight is 497 g/mol. The van der Waals surface area contributed by atoms with Gasteiger partial charge in [0.25, 0.3) is 0 Å². The number of aromatic nitrogens is 3. The van der Waals surface area contributed by atoms with Crippen molar-refractivity contribution >= 4 is 39.1 Å². The van der Waals surface area contributed by atoms with E-state index in [4.69, 9.17) is 33.7 Å². The van der Waals surface area contributed by atoms with Crippen molar-refractivity contribution in [2.75, 3.05) is 0 Å². The van der Waals surface area contributed by atoms with Crippen LogP contribution in [0.25, 0.3) is 0 Å². The minimum absolute atomic E-state index is 0.0304. The van der Waals surface area contributed by atoms with Crippen molar-refractivity contribution in [3.8, 4) is 0 Å². The number of carbonyl (C=O) groups is 1. The lowest BCUT2D eigenvalue weighted by Crippen LogP contribution is -2.18. The first-order valence-electron chi connectivity index (χ1n) is 9.64. The molecule has 3 rings (SSSR count). The van der Waals surface area contributed by atoms with Gasteiger partial charge in [-0.1, -0.05) is 43.1 Å². The summed E-state index contributed by atoms with van der Waals surface area (Å²) in [5.41, 5.74) is 6.95. The molecular weight excluding hydrogens is 475 g/mol. The van der Waals surface area contributed by atoms with Crippen molar-refractivity contribution in [3.05, 3.63) is 69.3 Å². The first-order valence-corrected chi connectivity index (χ1v) is 11.9. The second-order valence-electron chi connectivity index (χ2n) is 7.42. The number of sulfone groups is 1.